The van der Waals surface area contributed by atoms with Crippen LogP contribution in [-0.2, 0) is 27.4 Å². The Labute approximate surface area is 408 Å². The van der Waals surface area contributed by atoms with Gasteiger partial charge in [0.05, 0.1) is 42.8 Å². The predicted molar refractivity (Wildman–Crippen MR) is 256 cm³/mol. The van der Waals surface area contributed by atoms with Crippen molar-refractivity contribution in [2.24, 2.45) is 11.8 Å². The molecule has 69 heavy (non-hydrogen) atoms. The maximum absolute atomic E-state index is 13.5. The summed E-state index contributed by atoms with van der Waals surface area (Å²) in [5.74, 6) is 3.24. The minimum Gasteiger partial charge on any atom is -0.490 e. The van der Waals surface area contributed by atoms with Gasteiger partial charge in [-0.3, -0.25) is 28.8 Å². The van der Waals surface area contributed by atoms with Crippen LogP contribution in [0, 0.1) is 26.3 Å². The number of ether oxygens (including phenoxy) is 4. The number of Topliss-reactive ketones (excluding diaryl/α,β-unsaturated/α-hetero) is 2. The molecule has 7 rings (SSSR count). The van der Waals surface area contributed by atoms with Crippen molar-refractivity contribution in [3.63, 3.8) is 0 Å². The van der Waals surface area contributed by atoms with Crippen molar-refractivity contribution in [2.75, 3.05) is 26.4 Å². The number of halogens is 2. The van der Waals surface area contributed by atoms with Crippen molar-refractivity contribution in [3.8, 4) is 11.5 Å². The van der Waals surface area contributed by atoms with Gasteiger partial charge in [-0.1, -0.05) is 60.1 Å². The van der Waals surface area contributed by atoms with Crippen molar-refractivity contribution in [2.45, 2.75) is 86.2 Å². The van der Waals surface area contributed by atoms with Gasteiger partial charge < -0.3 is 37.8 Å². The largest absolute Gasteiger partial charge is 0.561 e. The van der Waals surface area contributed by atoms with E-state index in [0.29, 0.717) is 35.9 Å². The Balaban J connectivity index is 0.000000313. The van der Waals surface area contributed by atoms with Gasteiger partial charge in [-0.05, 0) is 88.8 Å². The molecule has 0 aliphatic heterocycles. The van der Waals surface area contributed by atoms with Crippen LogP contribution in [0.2, 0.25) is 10.0 Å². The fourth-order valence-electron chi connectivity index (χ4n) is 6.41. The number of nitrogens with zero attached hydrogens (tertiary/aromatic N) is 4. The minimum absolute atomic E-state index is 0. The van der Waals surface area contributed by atoms with Crippen LogP contribution in [0.3, 0.4) is 0 Å². The molecular formula is C49H55Cl2N5O13. The lowest BCUT2D eigenvalue weighted by atomic mass is 9.98. The highest BCUT2D eigenvalue weighted by Crippen LogP contribution is 2.44. The third-order valence-corrected chi connectivity index (χ3v) is 10.9. The molecule has 3 N–H and O–H groups in total. The zero-order valence-electron chi connectivity index (χ0n) is 37.8. The second-order valence-corrected chi connectivity index (χ2v) is 15.8. The first-order valence-electron chi connectivity index (χ1n) is 21.4. The topological polar surface area (TPSA) is 243 Å². The molecule has 0 saturated heterocycles. The Morgan fingerprint density at radius 2 is 1.29 bits per heavy atom. The zero-order chi connectivity index (χ0) is 49.9. The van der Waals surface area contributed by atoms with E-state index in [1.165, 1.54) is 21.3 Å². The highest BCUT2D eigenvalue weighted by molar-refractivity contribution is 6.37. The van der Waals surface area contributed by atoms with Gasteiger partial charge in [0.2, 0.25) is 11.5 Å². The van der Waals surface area contributed by atoms with E-state index in [-0.39, 0.29) is 102 Å². The number of aromatic nitrogens is 3. The molecule has 3 heterocycles. The Kier molecular flexibility index (Phi) is 22.7. The van der Waals surface area contributed by atoms with Gasteiger partial charge >= 0.3 is 12.1 Å². The summed E-state index contributed by atoms with van der Waals surface area (Å²) in [7, 11) is 0. The number of carbonyl (C=O) groups excluding carboxylic acids is 5. The third kappa shape index (κ3) is 15.8. The minimum atomic E-state index is -0.831. The van der Waals surface area contributed by atoms with Gasteiger partial charge in [0.1, 0.15) is 42.6 Å². The molecule has 1 amide bonds. The van der Waals surface area contributed by atoms with Crippen LogP contribution in [-0.4, -0.2) is 75.3 Å². The van der Waals surface area contributed by atoms with E-state index in [9.17, 15) is 33.6 Å². The molecule has 368 valence electrons. The monoisotopic (exact) mass is 991 g/mol. The Bertz CT molecular complexity index is 2750. The Morgan fingerprint density at radius 3 is 1.74 bits per heavy atom. The molecule has 0 spiro atoms. The Hall–Kier alpha value is -6.91. The Morgan fingerprint density at radius 1 is 0.783 bits per heavy atom. The summed E-state index contributed by atoms with van der Waals surface area (Å²) < 4.78 is 29.3. The smallest absolute Gasteiger partial charge is 0.490 e. The molecule has 2 fully saturated rings. The number of esters is 1. The van der Waals surface area contributed by atoms with Crippen LogP contribution >= 0.6 is 23.2 Å². The zero-order valence-corrected chi connectivity index (χ0v) is 39.3. The lowest BCUT2D eigenvalue weighted by molar-refractivity contribution is -0.119. The van der Waals surface area contributed by atoms with Gasteiger partial charge in [-0.15, -0.1) is 0 Å². The number of carbonyl (C=O) groups is 5. The maximum Gasteiger partial charge on any atom is 0.561 e. The summed E-state index contributed by atoms with van der Waals surface area (Å²) in [6.45, 7) is 14.6. The number of nitrogens with two attached hydrogens (primary N) is 1. The SMILES string of the molecule is C.CCOC(=O)c1noc(C2CC2)c1C(=O)c1ccc(C)c(OCCn2ccccc2=O)c1Cl.Cc1ccc(C(=O)CC(=O)C2CC2)c(Cl)c1OCCn1ccccc1=O.NO.[C-]#[N+]C(=O)OCC. The lowest BCUT2D eigenvalue weighted by Crippen LogP contribution is -2.21. The summed E-state index contributed by atoms with van der Waals surface area (Å²) in [6, 6.07) is 16.5. The average molecular weight is 993 g/mol. The average Bonchev–Trinajstić information content (AvgIpc) is 4.29. The lowest BCUT2D eigenvalue weighted by Gasteiger charge is -2.14. The van der Waals surface area contributed by atoms with Crippen molar-refractivity contribution in [1.82, 2.24) is 14.3 Å². The molecule has 0 atom stereocenters. The van der Waals surface area contributed by atoms with Crippen molar-refractivity contribution in [3.05, 3.63) is 154 Å². The van der Waals surface area contributed by atoms with Gasteiger partial charge in [-0.25, -0.2) is 10.7 Å². The first-order valence-corrected chi connectivity index (χ1v) is 22.2. The summed E-state index contributed by atoms with van der Waals surface area (Å²) in [6.07, 6.45) is 5.86. The van der Waals surface area contributed by atoms with Crippen molar-refractivity contribution >= 4 is 52.6 Å². The number of hydrogen-bond donors (Lipinski definition) is 2. The van der Waals surface area contributed by atoms with Crippen molar-refractivity contribution < 1.29 is 52.7 Å². The molecule has 0 radical (unpaired) electrons. The fourth-order valence-corrected chi connectivity index (χ4v) is 7.14. The van der Waals surface area contributed by atoms with Crippen LogP contribution in [0.5, 0.6) is 11.5 Å². The number of rotatable bonds is 18. The van der Waals surface area contributed by atoms with Gasteiger partial charge in [0.25, 0.3) is 11.1 Å². The van der Waals surface area contributed by atoms with E-state index in [1.807, 2.05) is 13.8 Å². The molecule has 20 heteroatoms. The van der Waals surface area contributed by atoms with Crippen LogP contribution < -0.4 is 26.5 Å². The number of hydrogen-bond acceptors (Lipinski definition) is 15. The van der Waals surface area contributed by atoms with E-state index in [4.69, 9.17) is 53.7 Å². The summed E-state index contributed by atoms with van der Waals surface area (Å²) >= 11 is 13.0. The number of pyridine rings is 2. The van der Waals surface area contributed by atoms with Crippen LogP contribution in [0.25, 0.3) is 4.85 Å². The molecule has 18 nitrogen and oxygen atoms in total. The second-order valence-electron chi connectivity index (χ2n) is 15.1. The molecule has 2 saturated carbocycles. The first kappa shape index (κ1) is 56.4. The quantitative estimate of drug-likeness (QED) is 0.0274. The van der Waals surface area contributed by atoms with E-state index >= 15 is 0 Å². The second kappa shape index (κ2) is 27.8. The van der Waals surface area contributed by atoms with Crippen LogP contribution in [0.15, 0.2) is 87.2 Å². The van der Waals surface area contributed by atoms with Gasteiger partial charge in [0, 0.05) is 47.5 Å². The number of ketones is 3. The molecule has 0 bridgehead atoms. The molecule has 0 unspecified atom stereocenters. The number of benzene rings is 2. The summed E-state index contributed by atoms with van der Waals surface area (Å²) in [4.78, 5) is 86.1. The van der Waals surface area contributed by atoms with E-state index in [1.54, 1.807) is 74.8 Å². The van der Waals surface area contributed by atoms with E-state index in [2.05, 4.69) is 20.6 Å². The normalized spacial score (nSPS) is 12.1. The molecule has 2 aromatic carbocycles. The highest BCUT2D eigenvalue weighted by Gasteiger charge is 2.38. The number of amides is 1. The molecule has 2 aliphatic rings. The third-order valence-electron chi connectivity index (χ3n) is 10.2. The summed E-state index contributed by atoms with van der Waals surface area (Å²) in [5, 5.41) is 10.7. The summed E-state index contributed by atoms with van der Waals surface area (Å²) in [5.41, 5.74) is 1.69. The maximum atomic E-state index is 13.5. The van der Waals surface area contributed by atoms with E-state index in [0.717, 1.165) is 36.8 Å². The van der Waals surface area contributed by atoms with Crippen LogP contribution in [0.4, 0.5) is 4.79 Å². The molecule has 2 aliphatic carbocycles. The highest BCUT2D eigenvalue weighted by atomic mass is 35.5. The standard InChI is InChI=1S/C24H23ClN2O6.C20H20ClNO4.C4H5NO2.CH4.H3NO/c1-3-31-24(30)20-18(23(33-26-20)15-8-9-15)21(29)16-10-7-14(2)22(19(16)25)32-13-12-27-11-5-4-6-17(27)28;1-13-5-8-15(17(24)12-16(23)14-6-7-14)19(21)20(13)26-11-10-22-9-3-2-4-18(22)25;1-3-7-4(6)5-2;;1-2/h4-7,10-11,15H,3,8-9,12-13H2,1-2H3;2-5,8-9,14H,6-7,10-12H2,1H3;3H2,1H3;1H4;2H,1H2. The molecular weight excluding hydrogens is 937 g/mol. The molecule has 3 aromatic heterocycles. The van der Waals surface area contributed by atoms with E-state index < -0.39 is 17.8 Å². The first-order chi connectivity index (χ1) is 32.7. The van der Waals surface area contributed by atoms with Gasteiger partial charge in [-0.2, -0.15) is 4.85 Å². The number of aryl methyl sites for hydroxylation is 2. The van der Waals surface area contributed by atoms with Crippen LogP contribution in [0.1, 0.15) is 113 Å². The van der Waals surface area contributed by atoms with Crippen molar-refractivity contribution in [1.29, 1.82) is 0 Å². The fraction of sp³-hybridized carbons (Fsp3) is 0.367. The van der Waals surface area contributed by atoms with Gasteiger partial charge in [0.15, 0.2) is 11.5 Å². The molecule has 5 aromatic rings. The predicted octanol–water partition coefficient (Wildman–Crippen LogP) is 8.64.